The first-order valence-electron chi connectivity index (χ1n) is 4.58. The number of hydrogen-bond donors (Lipinski definition) is 2. The molecule has 0 aliphatic carbocycles. The molecule has 0 spiro atoms. The summed E-state index contributed by atoms with van der Waals surface area (Å²) < 4.78 is 0. The lowest BCUT2D eigenvalue weighted by Crippen LogP contribution is -2.34. The molecule has 2 N–H and O–H groups in total. The number of anilines is 1. The Balaban J connectivity index is 2.56. The van der Waals surface area contributed by atoms with Gasteiger partial charge >= 0.3 is 0 Å². The first kappa shape index (κ1) is 10.9. The fourth-order valence-corrected chi connectivity index (χ4v) is 1.36. The second-order valence-electron chi connectivity index (χ2n) is 3.47. The highest BCUT2D eigenvalue weighted by molar-refractivity contribution is 7.80. The molecule has 0 saturated carbocycles. The molecular formula is C10H15N3S. The molecule has 0 unspecified atom stereocenters. The molecule has 0 atom stereocenters. The van der Waals surface area contributed by atoms with E-state index in [0.29, 0.717) is 11.2 Å². The highest BCUT2D eigenvalue weighted by atomic mass is 32.1. The standard InChI is InChI=1S/C10H15N3S/c1-7(2)12-10(14)13-9-6-8(3)4-5-11-9/h4-7H,1-3H3,(H2,11,12,13,14). The molecule has 0 aromatic carbocycles. The quantitative estimate of drug-likeness (QED) is 0.731. The third kappa shape index (κ3) is 3.70. The molecular weight excluding hydrogens is 194 g/mol. The van der Waals surface area contributed by atoms with Crippen molar-refractivity contribution in [3.05, 3.63) is 23.9 Å². The molecule has 1 rings (SSSR count). The van der Waals surface area contributed by atoms with Gasteiger partial charge in [0.1, 0.15) is 5.82 Å². The third-order valence-electron chi connectivity index (χ3n) is 1.58. The van der Waals surface area contributed by atoms with Crippen LogP contribution in [0.25, 0.3) is 0 Å². The summed E-state index contributed by atoms with van der Waals surface area (Å²) in [6.45, 7) is 6.10. The van der Waals surface area contributed by atoms with Crippen LogP contribution < -0.4 is 10.6 Å². The smallest absolute Gasteiger partial charge is 0.172 e. The summed E-state index contributed by atoms with van der Waals surface area (Å²) in [6.07, 6.45) is 1.76. The van der Waals surface area contributed by atoms with Crippen molar-refractivity contribution in [1.29, 1.82) is 0 Å². The fraction of sp³-hybridized carbons (Fsp3) is 0.400. The summed E-state index contributed by atoms with van der Waals surface area (Å²) in [5, 5.41) is 6.72. The zero-order valence-corrected chi connectivity index (χ0v) is 9.48. The van der Waals surface area contributed by atoms with Gasteiger partial charge in [0.15, 0.2) is 5.11 Å². The van der Waals surface area contributed by atoms with Gasteiger partial charge in [-0.3, -0.25) is 0 Å². The van der Waals surface area contributed by atoms with Crippen LogP contribution in [-0.4, -0.2) is 16.1 Å². The topological polar surface area (TPSA) is 37.0 Å². The van der Waals surface area contributed by atoms with E-state index < -0.39 is 0 Å². The molecule has 1 aromatic heterocycles. The van der Waals surface area contributed by atoms with Crippen LogP contribution in [0.15, 0.2) is 18.3 Å². The summed E-state index contributed by atoms with van der Waals surface area (Å²) in [4.78, 5) is 4.15. The molecule has 0 radical (unpaired) electrons. The summed E-state index contributed by atoms with van der Waals surface area (Å²) >= 11 is 5.09. The molecule has 0 aliphatic heterocycles. The maximum Gasteiger partial charge on any atom is 0.172 e. The largest absolute Gasteiger partial charge is 0.360 e. The van der Waals surface area contributed by atoms with Crippen molar-refractivity contribution in [2.24, 2.45) is 0 Å². The summed E-state index contributed by atoms with van der Waals surface area (Å²) in [5.74, 6) is 0.781. The first-order chi connectivity index (χ1) is 6.58. The van der Waals surface area contributed by atoms with Gasteiger partial charge in [-0.25, -0.2) is 4.98 Å². The van der Waals surface area contributed by atoms with E-state index in [0.717, 1.165) is 11.4 Å². The number of nitrogens with one attached hydrogen (secondary N) is 2. The predicted molar refractivity (Wildman–Crippen MR) is 63.5 cm³/mol. The zero-order valence-electron chi connectivity index (χ0n) is 8.66. The van der Waals surface area contributed by atoms with Crippen molar-refractivity contribution in [1.82, 2.24) is 10.3 Å². The molecule has 0 aliphatic rings. The Hall–Kier alpha value is -1.16. The van der Waals surface area contributed by atoms with Crippen LogP contribution in [0.2, 0.25) is 0 Å². The van der Waals surface area contributed by atoms with Gasteiger partial charge in [-0.1, -0.05) is 0 Å². The van der Waals surface area contributed by atoms with Crippen molar-refractivity contribution in [2.45, 2.75) is 26.8 Å². The number of pyridine rings is 1. The minimum Gasteiger partial charge on any atom is -0.360 e. The minimum atomic E-state index is 0.333. The monoisotopic (exact) mass is 209 g/mol. The van der Waals surface area contributed by atoms with E-state index in [9.17, 15) is 0 Å². The van der Waals surface area contributed by atoms with Crippen molar-refractivity contribution in [3.8, 4) is 0 Å². The third-order valence-corrected chi connectivity index (χ3v) is 1.80. The van der Waals surface area contributed by atoms with Crippen molar-refractivity contribution >= 4 is 23.1 Å². The first-order valence-corrected chi connectivity index (χ1v) is 4.99. The van der Waals surface area contributed by atoms with E-state index in [1.165, 1.54) is 0 Å². The molecule has 3 nitrogen and oxygen atoms in total. The highest BCUT2D eigenvalue weighted by Gasteiger charge is 1.99. The second kappa shape index (κ2) is 4.91. The van der Waals surface area contributed by atoms with Gasteiger partial charge in [0.25, 0.3) is 0 Å². The normalized spacial score (nSPS) is 10.0. The van der Waals surface area contributed by atoms with Gasteiger partial charge in [-0.15, -0.1) is 0 Å². The number of hydrogen-bond acceptors (Lipinski definition) is 2. The predicted octanol–water partition coefficient (Wildman–Crippen LogP) is 2.08. The second-order valence-corrected chi connectivity index (χ2v) is 3.88. The Bertz CT molecular complexity index is 323. The molecule has 1 aromatic rings. The number of rotatable bonds is 2. The maximum atomic E-state index is 5.09. The van der Waals surface area contributed by atoms with Crippen LogP contribution >= 0.6 is 12.2 Å². The average molecular weight is 209 g/mol. The molecule has 0 saturated heterocycles. The van der Waals surface area contributed by atoms with Gasteiger partial charge in [0, 0.05) is 12.2 Å². The molecule has 0 bridgehead atoms. The summed E-state index contributed by atoms with van der Waals surface area (Å²) in [7, 11) is 0. The molecule has 14 heavy (non-hydrogen) atoms. The Morgan fingerprint density at radius 2 is 2.21 bits per heavy atom. The van der Waals surface area contributed by atoms with Crippen LogP contribution in [0.3, 0.4) is 0 Å². The van der Waals surface area contributed by atoms with E-state index in [2.05, 4.69) is 15.6 Å². The zero-order chi connectivity index (χ0) is 10.6. The molecule has 0 amide bonds. The van der Waals surface area contributed by atoms with E-state index >= 15 is 0 Å². The lowest BCUT2D eigenvalue weighted by atomic mass is 10.3. The Morgan fingerprint density at radius 1 is 1.50 bits per heavy atom. The van der Waals surface area contributed by atoms with Crippen LogP contribution in [0.5, 0.6) is 0 Å². The summed E-state index contributed by atoms with van der Waals surface area (Å²) in [5.41, 5.74) is 1.16. The van der Waals surface area contributed by atoms with Gasteiger partial charge in [-0.2, -0.15) is 0 Å². The number of aromatic nitrogens is 1. The van der Waals surface area contributed by atoms with Crippen molar-refractivity contribution in [2.75, 3.05) is 5.32 Å². The van der Waals surface area contributed by atoms with E-state index in [4.69, 9.17) is 12.2 Å². The van der Waals surface area contributed by atoms with Crippen LogP contribution in [0.1, 0.15) is 19.4 Å². The lowest BCUT2D eigenvalue weighted by Gasteiger charge is -2.12. The Labute approximate surface area is 89.9 Å². The van der Waals surface area contributed by atoms with Crippen molar-refractivity contribution in [3.63, 3.8) is 0 Å². The number of thiocarbonyl (C=S) groups is 1. The van der Waals surface area contributed by atoms with Crippen LogP contribution in [-0.2, 0) is 0 Å². The molecule has 4 heteroatoms. The van der Waals surface area contributed by atoms with Gasteiger partial charge in [-0.05, 0) is 50.7 Å². The minimum absolute atomic E-state index is 0.333. The van der Waals surface area contributed by atoms with Gasteiger partial charge in [0.2, 0.25) is 0 Å². The Kier molecular flexibility index (Phi) is 3.83. The van der Waals surface area contributed by atoms with E-state index in [-0.39, 0.29) is 0 Å². The molecule has 1 heterocycles. The van der Waals surface area contributed by atoms with Crippen LogP contribution in [0, 0.1) is 6.92 Å². The molecule has 0 fully saturated rings. The van der Waals surface area contributed by atoms with Gasteiger partial charge < -0.3 is 10.6 Å². The average Bonchev–Trinajstić information content (AvgIpc) is 2.01. The highest BCUT2D eigenvalue weighted by Crippen LogP contribution is 2.04. The van der Waals surface area contributed by atoms with Crippen LogP contribution in [0.4, 0.5) is 5.82 Å². The Morgan fingerprint density at radius 3 is 2.79 bits per heavy atom. The maximum absolute atomic E-state index is 5.09. The molecule has 76 valence electrons. The lowest BCUT2D eigenvalue weighted by molar-refractivity contribution is 0.739. The number of aryl methyl sites for hydroxylation is 1. The van der Waals surface area contributed by atoms with E-state index in [1.807, 2.05) is 32.9 Å². The van der Waals surface area contributed by atoms with E-state index in [1.54, 1.807) is 6.20 Å². The van der Waals surface area contributed by atoms with Gasteiger partial charge in [0.05, 0.1) is 0 Å². The summed E-state index contributed by atoms with van der Waals surface area (Å²) in [6, 6.07) is 4.23. The SMILES string of the molecule is Cc1ccnc(NC(=S)NC(C)C)c1. The number of nitrogens with zero attached hydrogens (tertiary/aromatic N) is 1. The fourth-order valence-electron chi connectivity index (χ4n) is 1.02. The van der Waals surface area contributed by atoms with Crippen molar-refractivity contribution < 1.29 is 0 Å².